The predicted molar refractivity (Wildman–Crippen MR) is 107 cm³/mol. The van der Waals surface area contributed by atoms with Crippen LogP contribution in [0.4, 0.5) is 23.1 Å². The lowest BCUT2D eigenvalue weighted by Gasteiger charge is -2.15. The second kappa shape index (κ2) is 8.19. The third-order valence-electron chi connectivity index (χ3n) is 3.66. The van der Waals surface area contributed by atoms with Gasteiger partial charge in [0.1, 0.15) is 17.6 Å². The first-order valence-electron chi connectivity index (χ1n) is 8.69. The third kappa shape index (κ3) is 4.73. The van der Waals surface area contributed by atoms with Crippen molar-refractivity contribution in [1.82, 2.24) is 9.97 Å². The highest BCUT2D eigenvalue weighted by molar-refractivity contribution is 5.67. The topological polar surface area (TPSA) is 82.9 Å². The van der Waals surface area contributed by atoms with Crippen molar-refractivity contribution < 1.29 is 4.74 Å². The Morgan fingerprint density at radius 3 is 2.41 bits per heavy atom. The highest BCUT2D eigenvalue weighted by atomic mass is 16.5. The van der Waals surface area contributed by atoms with Gasteiger partial charge in [-0.15, -0.1) is 0 Å². The van der Waals surface area contributed by atoms with Crippen LogP contribution in [0, 0.1) is 18.3 Å². The van der Waals surface area contributed by atoms with Gasteiger partial charge in [-0.3, -0.25) is 0 Å². The average Bonchev–Trinajstić information content (AvgIpc) is 2.63. The van der Waals surface area contributed by atoms with Crippen molar-refractivity contribution in [3.05, 3.63) is 65.9 Å². The number of aryl methyl sites for hydroxylation is 1. The first kappa shape index (κ1) is 18.2. The molecule has 0 radical (unpaired) electrons. The monoisotopic (exact) mass is 359 g/mol. The minimum absolute atomic E-state index is 0.0612. The van der Waals surface area contributed by atoms with E-state index >= 15 is 0 Å². The largest absolute Gasteiger partial charge is 0.489 e. The van der Waals surface area contributed by atoms with Crippen molar-refractivity contribution in [2.45, 2.75) is 26.9 Å². The van der Waals surface area contributed by atoms with Gasteiger partial charge in [-0.05, 0) is 45.0 Å². The molecule has 0 saturated heterocycles. The summed E-state index contributed by atoms with van der Waals surface area (Å²) in [5.74, 6) is 1.80. The summed E-state index contributed by atoms with van der Waals surface area (Å²) in [6, 6.07) is 19.0. The molecule has 0 aliphatic carbocycles. The summed E-state index contributed by atoms with van der Waals surface area (Å²) in [4.78, 5) is 8.97. The van der Waals surface area contributed by atoms with Gasteiger partial charge in [0.25, 0.3) is 0 Å². The number of nitriles is 1. The normalized spacial score (nSPS) is 10.3. The molecule has 0 bridgehead atoms. The minimum Gasteiger partial charge on any atom is -0.489 e. The summed E-state index contributed by atoms with van der Waals surface area (Å²) >= 11 is 0. The van der Waals surface area contributed by atoms with Gasteiger partial charge >= 0.3 is 0 Å². The van der Waals surface area contributed by atoms with Crippen LogP contribution >= 0.6 is 0 Å². The highest BCUT2D eigenvalue weighted by Crippen LogP contribution is 2.28. The molecule has 6 heteroatoms. The summed E-state index contributed by atoms with van der Waals surface area (Å²) in [6.07, 6.45) is 0.0612. The lowest BCUT2D eigenvalue weighted by Crippen LogP contribution is -2.08. The van der Waals surface area contributed by atoms with Gasteiger partial charge in [0.15, 0.2) is 0 Å². The van der Waals surface area contributed by atoms with Gasteiger partial charge in [-0.25, -0.2) is 4.98 Å². The van der Waals surface area contributed by atoms with E-state index in [1.807, 2.05) is 69.3 Å². The molecule has 136 valence electrons. The second-order valence-corrected chi connectivity index (χ2v) is 6.29. The number of benzene rings is 2. The quantitative estimate of drug-likeness (QED) is 0.649. The number of nitrogens with zero attached hydrogens (tertiary/aromatic N) is 3. The molecule has 0 fully saturated rings. The molecule has 0 aliphatic heterocycles. The van der Waals surface area contributed by atoms with E-state index in [0.29, 0.717) is 23.0 Å². The molecule has 0 unspecified atom stereocenters. The third-order valence-corrected chi connectivity index (χ3v) is 3.66. The highest BCUT2D eigenvalue weighted by Gasteiger charge is 2.09. The summed E-state index contributed by atoms with van der Waals surface area (Å²) in [5.41, 5.74) is 2.85. The van der Waals surface area contributed by atoms with Gasteiger partial charge in [-0.1, -0.05) is 24.3 Å². The molecule has 6 nitrogen and oxygen atoms in total. The Hall–Kier alpha value is -3.59. The van der Waals surface area contributed by atoms with Crippen LogP contribution in [-0.2, 0) is 0 Å². The van der Waals surface area contributed by atoms with E-state index in [9.17, 15) is 5.26 Å². The van der Waals surface area contributed by atoms with Crippen LogP contribution in [0.3, 0.4) is 0 Å². The first-order chi connectivity index (χ1) is 13.0. The van der Waals surface area contributed by atoms with Gasteiger partial charge in [0.2, 0.25) is 5.95 Å². The molecule has 0 spiro atoms. The standard InChI is InChI=1S/C21H21N5O/c1-14(2)27-19-11-7-6-10-18(19)25-21-23-15(3)12-20(26-21)24-17-9-5-4-8-16(17)13-22/h4-12,14H,1-3H3,(H2,23,24,25,26). The number of nitrogens with one attached hydrogen (secondary N) is 2. The number of aromatic nitrogens is 2. The van der Waals surface area contributed by atoms with E-state index in [4.69, 9.17) is 4.74 Å². The van der Waals surface area contributed by atoms with Gasteiger partial charge in [-0.2, -0.15) is 10.2 Å². The molecule has 27 heavy (non-hydrogen) atoms. The zero-order chi connectivity index (χ0) is 19.2. The molecule has 3 aromatic rings. The van der Waals surface area contributed by atoms with Crippen molar-refractivity contribution in [3.63, 3.8) is 0 Å². The molecular formula is C21H21N5O. The van der Waals surface area contributed by atoms with Crippen LogP contribution in [0.2, 0.25) is 0 Å². The molecule has 2 aromatic carbocycles. The van der Waals surface area contributed by atoms with E-state index in [1.54, 1.807) is 6.07 Å². The summed E-state index contributed by atoms with van der Waals surface area (Å²) in [5, 5.41) is 15.7. The van der Waals surface area contributed by atoms with Crippen molar-refractivity contribution in [1.29, 1.82) is 5.26 Å². The Kier molecular flexibility index (Phi) is 5.53. The van der Waals surface area contributed by atoms with E-state index < -0.39 is 0 Å². The van der Waals surface area contributed by atoms with Crippen molar-refractivity contribution in [2.24, 2.45) is 0 Å². The number of hydrogen-bond donors (Lipinski definition) is 2. The van der Waals surface area contributed by atoms with Crippen LogP contribution < -0.4 is 15.4 Å². The molecule has 0 aliphatic rings. The fourth-order valence-electron chi connectivity index (χ4n) is 2.56. The van der Waals surface area contributed by atoms with Gasteiger partial charge < -0.3 is 15.4 Å². The number of rotatable bonds is 6. The maximum atomic E-state index is 9.25. The van der Waals surface area contributed by atoms with Crippen molar-refractivity contribution >= 4 is 23.1 Å². The fourth-order valence-corrected chi connectivity index (χ4v) is 2.56. The Morgan fingerprint density at radius 2 is 1.67 bits per heavy atom. The lowest BCUT2D eigenvalue weighted by atomic mass is 10.2. The van der Waals surface area contributed by atoms with E-state index in [-0.39, 0.29) is 6.10 Å². The zero-order valence-electron chi connectivity index (χ0n) is 15.5. The molecular weight excluding hydrogens is 338 g/mol. The smallest absolute Gasteiger partial charge is 0.229 e. The van der Waals surface area contributed by atoms with Crippen LogP contribution in [0.15, 0.2) is 54.6 Å². The average molecular weight is 359 g/mol. The Labute approximate surface area is 158 Å². The molecule has 2 N–H and O–H groups in total. The summed E-state index contributed by atoms with van der Waals surface area (Å²) in [6.45, 7) is 5.86. The predicted octanol–water partition coefficient (Wildman–Crippen LogP) is 4.93. The Morgan fingerprint density at radius 1 is 0.963 bits per heavy atom. The van der Waals surface area contributed by atoms with Crippen LogP contribution in [0.5, 0.6) is 5.75 Å². The first-order valence-corrected chi connectivity index (χ1v) is 8.69. The Bertz CT molecular complexity index is 978. The maximum absolute atomic E-state index is 9.25. The molecule has 1 aromatic heterocycles. The number of ether oxygens (including phenoxy) is 1. The molecule has 0 saturated carbocycles. The fraction of sp³-hybridized carbons (Fsp3) is 0.190. The SMILES string of the molecule is Cc1cc(Nc2ccccc2C#N)nc(Nc2ccccc2OC(C)C)n1. The maximum Gasteiger partial charge on any atom is 0.229 e. The number of hydrogen-bond acceptors (Lipinski definition) is 6. The molecule has 3 rings (SSSR count). The zero-order valence-corrected chi connectivity index (χ0v) is 15.5. The number of anilines is 4. The minimum atomic E-state index is 0.0612. The van der Waals surface area contributed by atoms with Crippen LogP contribution in [-0.4, -0.2) is 16.1 Å². The molecule has 0 amide bonds. The summed E-state index contributed by atoms with van der Waals surface area (Å²) in [7, 11) is 0. The second-order valence-electron chi connectivity index (χ2n) is 6.29. The van der Waals surface area contributed by atoms with Gasteiger partial charge in [0.05, 0.1) is 23.0 Å². The van der Waals surface area contributed by atoms with Crippen LogP contribution in [0.25, 0.3) is 0 Å². The number of para-hydroxylation sites is 3. The Balaban J connectivity index is 1.88. The lowest BCUT2D eigenvalue weighted by molar-refractivity contribution is 0.244. The van der Waals surface area contributed by atoms with Crippen molar-refractivity contribution in [2.75, 3.05) is 10.6 Å². The van der Waals surface area contributed by atoms with Crippen LogP contribution in [0.1, 0.15) is 25.1 Å². The van der Waals surface area contributed by atoms with Crippen molar-refractivity contribution in [3.8, 4) is 11.8 Å². The van der Waals surface area contributed by atoms with E-state index in [1.165, 1.54) is 0 Å². The van der Waals surface area contributed by atoms with E-state index in [0.717, 1.165) is 17.1 Å². The molecule has 0 atom stereocenters. The summed E-state index contributed by atoms with van der Waals surface area (Å²) < 4.78 is 5.83. The van der Waals surface area contributed by atoms with E-state index in [2.05, 4.69) is 26.7 Å². The van der Waals surface area contributed by atoms with Gasteiger partial charge in [0, 0.05) is 11.8 Å². The molecule has 1 heterocycles.